The monoisotopic (exact) mass is 367 g/mol. The van der Waals surface area contributed by atoms with Crippen LogP contribution in [0.1, 0.15) is 32.1 Å². The van der Waals surface area contributed by atoms with Gasteiger partial charge in [0.2, 0.25) is 0 Å². The Bertz CT molecular complexity index is 970. The Labute approximate surface area is 158 Å². The van der Waals surface area contributed by atoms with Gasteiger partial charge in [0, 0.05) is 31.6 Å². The van der Waals surface area contributed by atoms with E-state index in [0.29, 0.717) is 17.5 Å². The molecule has 6 nitrogen and oxygen atoms in total. The van der Waals surface area contributed by atoms with Crippen molar-refractivity contribution < 1.29 is 9.47 Å². The van der Waals surface area contributed by atoms with Crippen LogP contribution in [0.15, 0.2) is 41.5 Å². The second-order valence-corrected chi connectivity index (χ2v) is 7.04. The van der Waals surface area contributed by atoms with E-state index in [1.807, 2.05) is 35.0 Å². The Morgan fingerprint density at radius 1 is 1.26 bits per heavy atom. The molecule has 1 aliphatic carbocycles. The molecule has 2 aromatic heterocycles. The van der Waals surface area contributed by atoms with Gasteiger partial charge < -0.3 is 19.0 Å². The highest BCUT2D eigenvalue weighted by Crippen LogP contribution is 2.23. The number of pyridine rings is 1. The van der Waals surface area contributed by atoms with Gasteiger partial charge >= 0.3 is 0 Å². The van der Waals surface area contributed by atoms with Gasteiger partial charge in [-0.25, -0.2) is 4.98 Å². The topological polar surface area (TPSA) is 69.1 Å². The first-order valence-corrected chi connectivity index (χ1v) is 9.59. The van der Waals surface area contributed by atoms with Crippen molar-refractivity contribution in [2.45, 2.75) is 44.8 Å². The van der Waals surface area contributed by atoms with E-state index in [1.165, 1.54) is 25.7 Å². The minimum absolute atomic E-state index is 0.148. The Morgan fingerprint density at radius 2 is 2.11 bits per heavy atom. The van der Waals surface area contributed by atoms with Crippen LogP contribution in [-0.4, -0.2) is 34.4 Å². The lowest BCUT2D eigenvalue weighted by atomic mass is 10.1. The Kier molecular flexibility index (Phi) is 5.25. The normalized spacial score (nSPS) is 14.9. The standard InChI is InChI=1S/C21H25N3O3/c1-26-17-8-7-15-13-18(21(25)23-19(15)14-17)20-22-9-11-24(20)10-4-12-27-16-5-2-3-6-16/h7-9,11,13-14,16H,2-6,10,12H2,1H3,(H,23,25). The lowest BCUT2D eigenvalue weighted by molar-refractivity contribution is 0.0549. The number of aromatic amines is 1. The van der Waals surface area contributed by atoms with Crippen LogP contribution >= 0.6 is 0 Å². The van der Waals surface area contributed by atoms with Gasteiger partial charge in [-0.05, 0) is 42.8 Å². The molecule has 4 rings (SSSR count). The first kappa shape index (κ1) is 17.8. The summed E-state index contributed by atoms with van der Waals surface area (Å²) in [6.07, 6.45) is 9.95. The minimum atomic E-state index is -0.148. The number of ether oxygens (including phenoxy) is 2. The molecule has 0 aliphatic heterocycles. The average molecular weight is 367 g/mol. The number of nitrogens with zero attached hydrogens (tertiary/aromatic N) is 2. The quantitative estimate of drug-likeness (QED) is 0.646. The smallest absolute Gasteiger partial charge is 0.259 e. The molecule has 0 radical (unpaired) electrons. The third-order valence-corrected chi connectivity index (χ3v) is 5.21. The molecule has 1 aliphatic rings. The van der Waals surface area contributed by atoms with Gasteiger partial charge in [-0.3, -0.25) is 4.79 Å². The molecule has 0 amide bonds. The third-order valence-electron chi connectivity index (χ3n) is 5.21. The summed E-state index contributed by atoms with van der Waals surface area (Å²) in [5, 5.41) is 0.949. The van der Waals surface area contributed by atoms with E-state index in [9.17, 15) is 4.79 Å². The number of nitrogens with one attached hydrogen (secondary N) is 1. The van der Waals surface area contributed by atoms with Crippen molar-refractivity contribution >= 4 is 10.9 Å². The van der Waals surface area contributed by atoms with Crippen LogP contribution in [0, 0.1) is 0 Å². The fourth-order valence-electron chi connectivity index (χ4n) is 3.75. The van der Waals surface area contributed by atoms with Crippen LogP contribution in [0.5, 0.6) is 5.75 Å². The van der Waals surface area contributed by atoms with Crippen molar-refractivity contribution in [2.24, 2.45) is 0 Å². The van der Waals surface area contributed by atoms with Crippen LogP contribution in [-0.2, 0) is 11.3 Å². The molecule has 2 heterocycles. The fourth-order valence-corrected chi connectivity index (χ4v) is 3.75. The number of aryl methyl sites for hydroxylation is 1. The summed E-state index contributed by atoms with van der Waals surface area (Å²) in [5.74, 6) is 1.41. The van der Waals surface area contributed by atoms with Crippen LogP contribution in [0.2, 0.25) is 0 Å². The number of hydrogen-bond acceptors (Lipinski definition) is 4. The number of rotatable bonds is 7. The molecular weight excluding hydrogens is 342 g/mol. The average Bonchev–Trinajstić information content (AvgIpc) is 3.36. The Hall–Kier alpha value is -2.60. The summed E-state index contributed by atoms with van der Waals surface area (Å²) in [4.78, 5) is 20.0. The predicted octanol–water partition coefficient (Wildman–Crippen LogP) is 3.75. The molecule has 27 heavy (non-hydrogen) atoms. The number of benzene rings is 1. The fraction of sp³-hybridized carbons (Fsp3) is 0.429. The van der Waals surface area contributed by atoms with Crippen molar-refractivity contribution in [3.8, 4) is 17.1 Å². The lowest BCUT2D eigenvalue weighted by Gasteiger charge is -2.12. The molecule has 3 aromatic rings. The minimum Gasteiger partial charge on any atom is -0.497 e. The molecule has 0 bridgehead atoms. The Morgan fingerprint density at radius 3 is 2.93 bits per heavy atom. The van der Waals surface area contributed by atoms with Crippen molar-refractivity contribution in [1.82, 2.24) is 14.5 Å². The van der Waals surface area contributed by atoms with Gasteiger partial charge in [0.1, 0.15) is 11.6 Å². The van der Waals surface area contributed by atoms with Gasteiger partial charge in [-0.2, -0.15) is 0 Å². The Balaban J connectivity index is 1.51. The highest BCUT2D eigenvalue weighted by atomic mass is 16.5. The number of fused-ring (bicyclic) bond motifs is 1. The maximum Gasteiger partial charge on any atom is 0.259 e. The summed E-state index contributed by atoms with van der Waals surface area (Å²) in [6, 6.07) is 7.54. The second kappa shape index (κ2) is 7.96. The van der Waals surface area contributed by atoms with Gasteiger partial charge in [-0.15, -0.1) is 0 Å². The molecule has 1 saturated carbocycles. The summed E-state index contributed by atoms with van der Waals surface area (Å²) < 4.78 is 13.2. The first-order valence-electron chi connectivity index (χ1n) is 9.59. The number of hydrogen-bond donors (Lipinski definition) is 1. The SMILES string of the molecule is COc1ccc2cc(-c3nccn3CCCOC3CCCC3)c(=O)[nH]c2c1. The molecule has 1 fully saturated rings. The van der Waals surface area contributed by atoms with Crippen LogP contribution < -0.4 is 10.3 Å². The van der Waals surface area contributed by atoms with E-state index in [1.54, 1.807) is 13.3 Å². The summed E-state index contributed by atoms with van der Waals surface area (Å²) in [6.45, 7) is 1.53. The molecule has 0 atom stereocenters. The van der Waals surface area contributed by atoms with Crippen molar-refractivity contribution in [3.63, 3.8) is 0 Å². The molecule has 0 saturated heterocycles. The molecule has 142 valence electrons. The second-order valence-electron chi connectivity index (χ2n) is 7.04. The predicted molar refractivity (Wildman–Crippen MR) is 105 cm³/mol. The van der Waals surface area contributed by atoms with E-state index in [-0.39, 0.29) is 5.56 Å². The van der Waals surface area contributed by atoms with E-state index in [0.717, 1.165) is 36.2 Å². The number of methoxy groups -OCH3 is 1. The zero-order valence-corrected chi connectivity index (χ0v) is 15.6. The van der Waals surface area contributed by atoms with Gasteiger partial charge in [0.15, 0.2) is 0 Å². The number of H-pyrrole nitrogens is 1. The molecule has 0 unspecified atom stereocenters. The first-order chi connectivity index (χ1) is 13.2. The van der Waals surface area contributed by atoms with Gasteiger partial charge in [-0.1, -0.05) is 12.8 Å². The van der Waals surface area contributed by atoms with Gasteiger partial charge in [0.25, 0.3) is 5.56 Å². The van der Waals surface area contributed by atoms with Crippen LogP contribution in [0.3, 0.4) is 0 Å². The summed E-state index contributed by atoms with van der Waals surface area (Å²) in [5.41, 5.74) is 1.19. The largest absolute Gasteiger partial charge is 0.497 e. The van der Waals surface area contributed by atoms with E-state index < -0.39 is 0 Å². The zero-order valence-electron chi connectivity index (χ0n) is 15.6. The third kappa shape index (κ3) is 3.90. The van der Waals surface area contributed by atoms with Crippen molar-refractivity contribution in [1.29, 1.82) is 0 Å². The molecule has 1 N–H and O–H groups in total. The maximum atomic E-state index is 12.6. The maximum absolute atomic E-state index is 12.6. The number of imidazole rings is 1. The zero-order chi connectivity index (χ0) is 18.6. The molecule has 6 heteroatoms. The highest BCUT2D eigenvalue weighted by molar-refractivity contribution is 5.83. The van der Waals surface area contributed by atoms with Gasteiger partial charge in [0.05, 0.1) is 24.3 Å². The van der Waals surface area contributed by atoms with E-state index >= 15 is 0 Å². The van der Waals surface area contributed by atoms with Crippen LogP contribution in [0.4, 0.5) is 0 Å². The van der Waals surface area contributed by atoms with Crippen LogP contribution in [0.25, 0.3) is 22.3 Å². The molecule has 1 aromatic carbocycles. The summed E-state index contributed by atoms with van der Waals surface area (Å²) >= 11 is 0. The molecular formula is C21H25N3O3. The number of aromatic nitrogens is 3. The van der Waals surface area contributed by atoms with Crippen molar-refractivity contribution in [2.75, 3.05) is 13.7 Å². The lowest BCUT2D eigenvalue weighted by Crippen LogP contribution is -2.14. The molecule has 0 spiro atoms. The van der Waals surface area contributed by atoms with E-state index in [4.69, 9.17) is 9.47 Å². The highest BCUT2D eigenvalue weighted by Gasteiger charge is 2.15. The van der Waals surface area contributed by atoms with E-state index in [2.05, 4.69) is 9.97 Å². The van der Waals surface area contributed by atoms with Crippen molar-refractivity contribution in [3.05, 3.63) is 47.0 Å². The summed E-state index contributed by atoms with van der Waals surface area (Å²) in [7, 11) is 1.61.